The van der Waals surface area contributed by atoms with E-state index in [0.29, 0.717) is 13.1 Å². The number of β-amino-alcohol motifs (C(OH)–C–C–N with tert-alkyl or cyclic N) is 1. The molecule has 0 aromatic heterocycles. The molecular formula is C16H26N2O3. The minimum atomic E-state index is -0.380. The molecule has 1 aromatic rings. The van der Waals surface area contributed by atoms with Crippen LogP contribution in [0.4, 0.5) is 5.69 Å². The van der Waals surface area contributed by atoms with Gasteiger partial charge in [0.1, 0.15) is 5.75 Å². The van der Waals surface area contributed by atoms with Crippen molar-refractivity contribution in [3.8, 4) is 5.75 Å². The van der Waals surface area contributed by atoms with Crippen molar-refractivity contribution in [1.82, 2.24) is 4.90 Å². The third-order valence-electron chi connectivity index (χ3n) is 3.34. The van der Waals surface area contributed by atoms with Crippen LogP contribution in [0.3, 0.4) is 0 Å². The number of nitrogens with one attached hydrogen (secondary N) is 1. The summed E-state index contributed by atoms with van der Waals surface area (Å²) in [6.45, 7) is 8.57. The van der Waals surface area contributed by atoms with Gasteiger partial charge < -0.3 is 19.9 Å². The maximum atomic E-state index is 10.1. The average Bonchev–Trinajstić information content (AvgIpc) is 2.47. The highest BCUT2D eigenvalue weighted by atomic mass is 16.5. The average molecular weight is 294 g/mol. The fourth-order valence-corrected chi connectivity index (χ4v) is 2.31. The van der Waals surface area contributed by atoms with E-state index in [1.54, 1.807) is 0 Å². The first kappa shape index (κ1) is 16.1. The second-order valence-electron chi connectivity index (χ2n) is 5.64. The Morgan fingerprint density at radius 3 is 2.52 bits per heavy atom. The Morgan fingerprint density at radius 1 is 1.24 bits per heavy atom. The van der Waals surface area contributed by atoms with Gasteiger partial charge in [-0.1, -0.05) is 0 Å². The summed E-state index contributed by atoms with van der Waals surface area (Å²) in [4.78, 5) is 2.23. The molecule has 1 aliphatic rings. The van der Waals surface area contributed by atoms with Crippen molar-refractivity contribution in [3.63, 3.8) is 0 Å². The third-order valence-corrected chi connectivity index (χ3v) is 3.34. The van der Waals surface area contributed by atoms with Crippen LogP contribution in [0.25, 0.3) is 0 Å². The van der Waals surface area contributed by atoms with Crippen molar-refractivity contribution in [2.24, 2.45) is 0 Å². The molecule has 1 aromatic carbocycles. The van der Waals surface area contributed by atoms with Crippen LogP contribution >= 0.6 is 0 Å². The molecule has 1 saturated heterocycles. The van der Waals surface area contributed by atoms with Crippen LogP contribution in [0.5, 0.6) is 5.75 Å². The molecule has 0 aliphatic carbocycles. The molecule has 0 radical (unpaired) electrons. The number of hydrogen-bond acceptors (Lipinski definition) is 5. The molecule has 21 heavy (non-hydrogen) atoms. The quantitative estimate of drug-likeness (QED) is 0.799. The van der Waals surface area contributed by atoms with Crippen LogP contribution in [0.2, 0.25) is 0 Å². The number of rotatable bonds is 7. The van der Waals surface area contributed by atoms with Crippen molar-refractivity contribution in [2.45, 2.75) is 26.1 Å². The first-order valence-electron chi connectivity index (χ1n) is 7.62. The molecule has 1 fully saturated rings. The molecule has 0 spiro atoms. The number of aliphatic hydroxyl groups excluding tert-OH is 1. The van der Waals surface area contributed by atoms with Crippen molar-refractivity contribution in [1.29, 1.82) is 0 Å². The Morgan fingerprint density at radius 2 is 1.90 bits per heavy atom. The molecule has 1 heterocycles. The molecule has 2 N–H and O–H groups in total. The van der Waals surface area contributed by atoms with Crippen LogP contribution in [-0.2, 0) is 4.74 Å². The first-order chi connectivity index (χ1) is 10.1. The lowest BCUT2D eigenvalue weighted by atomic mass is 10.2. The number of nitrogens with zero attached hydrogens (tertiary/aromatic N) is 1. The fraction of sp³-hybridized carbons (Fsp3) is 0.625. The molecule has 0 amide bonds. The Hall–Kier alpha value is -1.30. The SMILES string of the molecule is CC(C)Oc1ccc(NCC(O)CN2CCOCC2)cc1. The number of aliphatic hydroxyl groups is 1. The first-order valence-corrected chi connectivity index (χ1v) is 7.62. The summed E-state index contributed by atoms with van der Waals surface area (Å²) in [7, 11) is 0. The zero-order chi connectivity index (χ0) is 15.1. The highest BCUT2D eigenvalue weighted by Crippen LogP contribution is 2.16. The predicted molar refractivity (Wildman–Crippen MR) is 84.0 cm³/mol. The van der Waals surface area contributed by atoms with E-state index in [4.69, 9.17) is 9.47 Å². The van der Waals surface area contributed by atoms with Gasteiger partial charge in [-0.05, 0) is 38.1 Å². The molecular weight excluding hydrogens is 268 g/mol. The largest absolute Gasteiger partial charge is 0.491 e. The van der Waals surface area contributed by atoms with Crippen LogP contribution in [0.15, 0.2) is 24.3 Å². The number of anilines is 1. The minimum Gasteiger partial charge on any atom is -0.491 e. The van der Waals surface area contributed by atoms with E-state index in [0.717, 1.165) is 37.7 Å². The summed E-state index contributed by atoms with van der Waals surface area (Å²) in [5, 5.41) is 13.3. The van der Waals surface area contributed by atoms with Crippen LogP contribution in [0.1, 0.15) is 13.8 Å². The van der Waals surface area contributed by atoms with Gasteiger partial charge in [-0.2, -0.15) is 0 Å². The summed E-state index contributed by atoms with van der Waals surface area (Å²) >= 11 is 0. The minimum absolute atomic E-state index is 0.180. The van der Waals surface area contributed by atoms with Gasteiger partial charge in [-0.15, -0.1) is 0 Å². The zero-order valence-corrected chi connectivity index (χ0v) is 12.9. The maximum Gasteiger partial charge on any atom is 0.119 e. The van der Waals surface area contributed by atoms with Gasteiger partial charge in [0, 0.05) is 31.9 Å². The number of benzene rings is 1. The Balaban J connectivity index is 1.71. The van der Waals surface area contributed by atoms with Crippen molar-refractivity contribution in [3.05, 3.63) is 24.3 Å². The summed E-state index contributed by atoms with van der Waals surface area (Å²) < 4.78 is 10.9. The van der Waals surface area contributed by atoms with Crippen molar-refractivity contribution in [2.75, 3.05) is 44.7 Å². The molecule has 1 unspecified atom stereocenters. The smallest absolute Gasteiger partial charge is 0.119 e. The zero-order valence-electron chi connectivity index (χ0n) is 12.9. The van der Waals surface area contributed by atoms with E-state index < -0.39 is 0 Å². The Labute approximate surface area is 126 Å². The maximum absolute atomic E-state index is 10.1. The van der Waals surface area contributed by atoms with E-state index in [2.05, 4.69) is 10.2 Å². The molecule has 118 valence electrons. The molecule has 2 rings (SSSR count). The Bertz CT molecular complexity index is 402. The summed E-state index contributed by atoms with van der Waals surface area (Å²) in [5.41, 5.74) is 0.993. The van der Waals surface area contributed by atoms with Gasteiger partial charge in [-0.25, -0.2) is 0 Å². The third kappa shape index (κ3) is 5.91. The summed E-state index contributed by atoms with van der Waals surface area (Å²) in [6.07, 6.45) is -0.200. The second kappa shape index (κ2) is 8.22. The molecule has 1 atom stereocenters. The fourth-order valence-electron chi connectivity index (χ4n) is 2.31. The van der Waals surface area contributed by atoms with Gasteiger partial charge in [0.25, 0.3) is 0 Å². The highest BCUT2D eigenvalue weighted by molar-refractivity contribution is 5.46. The highest BCUT2D eigenvalue weighted by Gasteiger charge is 2.14. The van der Waals surface area contributed by atoms with E-state index >= 15 is 0 Å². The van der Waals surface area contributed by atoms with E-state index in [9.17, 15) is 5.11 Å². The molecule has 0 saturated carbocycles. The van der Waals surface area contributed by atoms with Gasteiger partial charge in [-0.3, -0.25) is 4.90 Å². The lowest BCUT2D eigenvalue weighted by Crippen LogP contribution is -2.42. The summed E-state index contributed by atoms with van der Waals surface area (Å²) in [6, 6.07) is 7.83. The number of hydrogen-bond donors (Lipinski definition) is 2. The topological polar surface area (TPSA) is 54.0 Å². The van der Waals surface area contributed by atoms with Crippen molar-refractivity contribution >= 4 is 5.69 Å². The van der Waals surface area contributed by atoms with Crippen LogP contribution in [-0.4, -0.2) is 61.6 Å². The second-order valence-corrected chi connectivity index (χ2v) is 5.64. The standard InChI is InChI=1S/C16H26N2O3/c1-13(2)21-16-5-3-14(4-6-16)17-11-15(19)12-18-7-9-20-10-8-18/h3-6,13,15,17,19H,7-12H2,1-2H3. The van der Waals surface area contributed by atoms with Gasteiger partial charge >= 0.3 is 0 Å². The predicted octanol–water partition coefficient (Wildman–Crippen LogP) is 1.58. The molecule has 0 bridgehead atoms. The molecule has 5 nitrogen and oxygen atoms in total. The molecule has 1 aliphatic heterocycles. The number of ether oxygens (including phenoxy) is 2. The number of morpholine rings is 1. The van der Waals surface area contributed by atoms with Crippen molar-refractivity contribution < 1.29 is 14.6 Å². The Kier molecular flexibility index (Phi) is 6.29. The van der Waals surface area contributed by atoms with Crippen LogP contribution < -0.4 is 10.1 Å². The van der Waals surface area contributed by atoms with Crippen LogP contribution in [0, 0.1) is 0 Å². The van der Waals surface area contributed by atoms with Gasteiger partial charge in [0.2, 0.25) is 0 Å². The van der Waals surface area contributed by atoms with Gasteiger partial charge in [0.15, 0.2) is 0 Å². The molecule has 5 heteroatoms. The lowest BCUT2D eigenvalue weighted by molar-refractivity contribution is 0.0171. The van der Waals surface area contributed by atoms with E-state index in [1.807, 2.05) is 38.1 Å². The van der Waals surface area contributed by atoms with Gasteiger partial charge in [0.05, 0.1) is 25.4 Å². The van der Waals surface area contributed by atoms with E-state index in [1.165, 1.54) is 0 Å². The van der Waals surface area contributed by atoms with E-state index in [-0.39, 0.29) is 12.2 Å². The monoisotopic (exact) mass is 294 g/mol. The summed E-state index contributed by atoms with van der Waals surface area (Å²) in [5.74, 6) is 0.865. The lowest BCUT2D eigenvalue weighted by Gasteiger charge is -2.28. The normalized spacial score (nSPS) is 17.7.